The fraction of sp³-hybridized carbons (Fsp3) is 0.615. The minimum atomic E-state index is -0.476. The highest BCUT2D eigenvalue weighted by Gasteiger charge is 2.21. The Hall–Kier alpha value is -1.47. The van der Waals surface area contributed by atoms with Crippen molar-refractivity contribution >= 4 is 23.2 Å². The monoisotopic (exact) mass is 297 g/mol. The summed E-state index contributed by atoms with van der Waals surface area (Å²) in [4.78, 5) is 29.8. The number of hydrogen-bond donors (Lipinski definition) is 1. The first-order valence-electron chi connectivity index (χ1n) is 6.72. The highest BCUT2D eigenvalue weighted by atomic mass is 32.1. The van der Waals surface area contributed by atoms with E-state index in [2.05, 4.69) is 22.2 Å². The van der Waals surface area contributed by atoms with Crippen molar-refractivity contribution in [3.05, 3.63) is 16.1 Å². The van der Waals surface area contributed by atoms with Crippen LogP contribution in [0.25, 0.3) is 0 Å². The number of rotatable bonds is 4. The van der Waals surface area contributed by atoms with Crippen LogP contribution >= 0.6 is 11.3 Å². The van der Waals surface area contributed by atoms with E-state index in [0.717, 1.165) is 37.3 Å². The number of esters is 1. The van der Waals surface area contributed by atoms with E-state index in [1.165, 1.54) is 0 Å². The van der Waals surface area contributed by atoms with Crippen molar-refractivity contribution in [2.45, 2.75) is 25.8 Å². The molecule has 0 aromatic carbocycles. The summed E-state index contributed by atoms with van der Waals surface area (Å²) >= 11 is 1.13. The van der Waals surface area contributed by atoms with Crippen LogP contribution in [0, 0.1) is 0 Å². The fourth-order valence-electron chi connectivity index (χ4n) is 2.08. The average molecular weight is 297 g/mol. The molecule has 20 heavy (non-hydrogen) atoms. The van der Waals surface area contributed by atoms with E-state index in [1.807, 2.05) is 0 Å². The Kier molecular flexibility index (Phi) is 5.08. The molecular weight excluding hydrogens is 278 g/mol. The number of hydrogen-bond acceptors (Lipinski definition) is 6. The van der Waals surface area contributed by atoms with E-state index in [9.17, 15) is 9.59 Å². The summed E-state index contributed by atoms with van der Waals surface area (Å²) in [7, 11) is 2.07. The summed E-state index contributed by atoms with van der Waals surface area (Å²) in [5.41, 5.74) is 0.289. The van der Waals surface area contributed by atoms with Gasteiger partial charge < -0.3 is 15.0 Å². The maximum atomic E-state index is 12.1. The number of carbonyl (C=O) groups is 2. The lowest BCUT2D eigenvalue weighted by molar-refractivity contribution is 0.0526. The third-order valence-corrected chi connectivity index (χ3v) is 4.06. The maximum absolute atomic E-state index is 12.1. The molecule has 2 rings (SSSR count). The van der Waals surface area contributed by atoms with E-state index >= 15 is 0 Å². The van der Waals surface area contributed by atoms with Crippen LogP contribution in [0.1, 0.15) is 40.1 Å². The molecule has 2 heterocycles. The first-order chi connectivity index (χ1) is 9.60. The van der Waals surface area contributed by atoms with Gasteiger partial charge in [0.05, 0.1) is 6.61 Å². The third kappa shape index (κ3) is 3.77. The van der Waals surface area contributed by atoms with Crippen molar-refractivity contribution < 1.29 is 14.3 Å². The zero-order chi connectivity index (χ0) is 14.5. The van der Waals surface area contributed by atoms with Gasteiger partial charge >= 0.3 is 5.97 Å². The van der Waals surface area contributed by atoms with Crippen molar-refractivity contribution in [3.63, 3.8) is 0 Å². The largest absolute Gasteiger partial charge is 0.461 e. The molecule has 110 valence electrons. The molecule has 1 N–H and O–H groups in total. The first-order valence-corrected chi connectivity index (χ1v) is 7.60. The van der Waals surface area contributed by atoms with Crippen LogP contribution in [-0.4, -0.2) is 54.5 Å². The van der Waals surface area contributed by atoms with Crippen molar-refractivity contribution in [3.8, 4) is 0 Å². The van der Waals surface area contributed by atoms with Gasteiger partial charge in [0.25, 0.3) is 5.91 Å². The van der Waals surface area contributed by atoms with Crippen molar-refractivity contribution in [2.24, 2.45) is 0 Å². The normalized spacial score (nSPS) is 16.9. The molecule has 1 aromatic rings. The summed E-state index contributed by atoms with van der Waals surface area (Å²) in [5, 5.41) is 4.78. The molecule has 0 atom stereocenters. The van der Waals surface area contributed by atoms with Crippen molar-refractivity contribution in [1.82, 2.24) is 15.2 Å². The molecule has 0 unspecified atom stereocenters. The Bertz CT molecular complexity index is 481. The number of thiazole rings is 1. The van der Waals surface area contributed by atoms with Crippen LogP contribution < -0.4 is 5.32 Å². The summed E-state index contributed by atoms with van der Waals surface area (Å²) in [6, 6.07) is 0.187. The summed E-state index contributed by atoms with van der Waals surface area (Å²) in [6.45, 7) is 4.00. The number of nitrogens with one attached hydrogen (secondary N) is 1. The minimum absolute atomic E-state index is 0.187. The number of nitrogens with zero attached hydrogens (tertiary/aromatic N) is 2. The quantitative estimate of drug-likeness (QED) is 0.844. The van der Waals surface area contributed by atoms with E-state index in [-0.39, 0.29) is 22.7 Å². The van der Waals surface area contributed by atoms with Crippen molar-refractivity contribution in [1.29, 1.82) is 0 Å². The molecule has 1 fully saturated rings. The van der Waals surface area contributed by atoms with Gasteiger partial charge in [-0.2, -0.15) is 0 Å². The topological polar surface area (TPSA) is 71.5 Å². The fourth-order valence-corrected chi connectivity index (χ4v) is 2.77. The summed E-state index contributed by atoms with van der Waals surface area (Å²) < 4.78 is 4.85. The zero-order valence-corrected chi connectivity index (χ0v) is 12.5. The first kappa shape index (κ1) is 14.9. The molecule has 0 bridgehead atoms. The minimum Gasteiger partial charge on any atom is -0.461 e. The molecule has 0 aliphatic carbocycles. The Labute approximate surface area is 122 Å². The molecular formula is C13H19N3O3S. The molecule has 6 nitrogen and oxygen atoms in total. The average Bonchev–Trinajstić information content (AvgIpc) is 2.91. The van der Waals surface area contributed by atoms with Gasteiger partial charge in [0.1, 0.15) is 5.69 Å². The van der Waals surface area contributed by atoms with E-state index in [1.54, 1.807) is 12.3 Å². The van der Waals surface area contributed by atoms with Crippen LogP contribution in [0.3, 0.4) is 0 Å². The molecule has 0 radical (unpaired) electrons. The van der Waals surface area contributed by atoms with Gasteiger partial charge in [0.15, 0.2) is 0 Å². The van der Waals surface area contributed by atoms with Crippen LogP contribution in [0.4, 0.5) is 0 Å². The van der Waals surface area contributed by atoms with Gasteiger partial charge in [-0.05, 0) is 39.9 Å². The van der Waals surface area contributed by atoms with Crippen LogP contribution in [0.2, 0.25) is 0 Å². The molecule has 1 saturated heterocycles. The highest BCUT2D eigenvalue weighted by Crippen LogP contribution is 2.13. The summed E-state index contributed by atoms with van der Waals surface area (Å²) in [5.74, 6) is -0.692. The van der Waals surface area contributed by atoms with Gasteiger partial charge in [0.2, 0.25) is 5.01 Å². The van der Waals surface area contributed by atoms with E-state index < -0.39 is 5.97 Å². The zero-order valence-electron chi connectivity index (χ0n) is 11.7. The number of likely N-dealkylation sites (tertiary alicyclic amines) is 1. The second kappa shape index (κ2) is 6.81. The van der Waals surface area contributed by atoms with Crippen LogP contribution in [0.15, 0.2) is 5.38 Å². The number of aromatic nitrogens is 1. The third-order valence-electron chi connectivity index (χ3n) is 3.24. The Morgan fingerprint density at radius 1 is 1.50 bits per heavy atom. The van der Waals surface area contributed by atoms with Crippen LogP contribution in [-0.2, 0) is 4.74 Å². The molecule has 1 aliphatic rings. The van der Waals surface area contributed by atoms with Gasteiger partial charge in [-0.3, -0.25) is 4.79 Å². The predicted molar refractivity (Wildman–Crippen MR) is 76.1 cm³/mol. The van der Waals surface area contributed by atoms with Gasteiger partial charge in [0, 0.05) is 11.4 Å². The molecule has 7 heteroatoms. The highest BCUT2D eigenvalue weighted by molar-refractivity contribution is 7.11. The standard InChI is InChI=1S/C13H19N3O3S/c1-3-19-13(18)12-15-10(8-20-12)11(17)14-9-4-6-16(2)7-5-9/h8-9H,3-7H2,1-2H3,(H,14,17). The second-order valence-corrected chi connectivity index (χ2v) is 5.67. The van der Waals surface area contributed by atoms with Crippen LogP contribution in [0.5, 0.6) is 0 Å². The Morgan fingerprint density at radius 3 is 2.85 bits per heavy atom. The molecule has 1 amide bonds. The lowest BCUT2D eigenvalue weighted by Gasteiger charge is -2.29. The second-order valence-electron chi connectivity index (χ2n) is 4.81. The van der Waals surface area contributed by atoms with Gasteiger partial charge in [-0.15, -0.1) is 11.3 Å². The number of amides is 1. The van der Waals surface area contributed by atoms with Crippen molar-refractivity contribution in [2.75, 3.05) is 26.7 Å². The molecule has 1 aromatic heterocycles. The smallest absolute Gasteiger partial charge is 0.367 e. The van der Waals surface area contributed by atoms with Gasteiger partial charge in [-0.25, -0.2) is 9.78 Å². The predicted octanol–water partition coefficient (Wildman–Crippen LogP) is 1.14. The summed E-state index contributed by atoms with van der Waals surface area (Å²) in [6.07, 6.45) is 1.88. The molecule has 1 aliphatic heterocycles. The van der Waals surface area contributed by atoms with E-state index in [0.29, 0.717) is 6.61 Å². The SMILES string of the molecule is CCOC(=O)c1nc(C(=O)NC2CCN(C)CC2)cs1. The lowest BCUT2D eigenvalue weighted by atomic mass is 10.1. The number of ether oxygens (including phenoxy) is 1. The number of carbonyl (C=O) groups excluding carboxylic acids is 2. The Morgan fingerprint density at radius 2 is 2.20 bits per heavy atom. The maximum Gasteiger partial charge on any atom is 0.367 e. The lowest BCUT2D eigenvalue weighted by Crippen LogP contribution is -2.43. The molecule has 0 spiro atoms. The molecule has 0 saturated carbocycles. The Balaban J connectivity index is 1.91. The van der Waals surface area contributed by atoms with Gasteiger partial charge in [-0.1, -0.05) is 0 Å². The number of piperidine rings is 1. The van der Waals surface area contributed by atoms with E-state index in [4.69, 9.17) is 4.74 Å².